The molecule has 0 spiro atoms. The first kappa shape index (κ1) is 23.7. The van der Waals surface area contributed by atoms with Gasteiger partial charge in [-0.15, -0.1) is 0 Å². The molecule has 3 N–H and O–H groups in total. The van der Waals surface area contributed by atoms with E-state index in [0.717, 1.165) is 0 Å². The molecule has 35 heavy (non-hydrogen) atoms. The summed E-state index contributed by atoms with van der Waals surface area (Å²) in [5.74, 6) is -1.20. The molecule has 0 saturated heterocycles. The minimum Gasteiger partial charge on any atom is -0.463 e. The van der Waals surface area contributed by atoms with Gasteiger partial charge in [0, 0.05) is 18.2 Å². The number of carbonyl (C=O) groups is 3. The number of aromatic nitrogens is 2. The number of hydrogen-bond donors (Lipinski definition) is 3. The third kappa shape index (κ3) is 4.92. The number of pyridine rings is 1. The molecule has 4 aromatic rings. The van der Waals surface area contributed by atoms with Crippen molar-refractivity contribution in [3.8, 4) is 11.5 Å². The molecule has 0 aliphatic carbocycles. The Bertz CT molecular complexity index is 1390. The summed E-state index contributed by atoms with van der Waals surface area (Å²) in [5.41, 5.74) is 7.52. The molecule has 3 aromatic heterocycles. The SMILES string of the molecule is COCCOC(=O)c1c(C)[nH]c(C(=O)NNC(=O)c2cc(-c3ccco3)nc3ccccc23)c1C. The van der Waals surface area contributed by atoms with Crippen LogP contribution in [-0.4, -0.2) is 48.1 Å². The molecule has 2 amide bonds. The normalized spacial score (nSPS) is 10.8. The van der Waals surface area contributed by atoms with E-state index < -0.39 is 17.8 Å². The first-order valence-electron chi connectivity index (χ1n) is 10.8. The Morgan fingerprint density at radius 3 is 2.54 bits per heavy atom. The molecule has 0 fully saturated rings. The second-order valence-electron chi connectivity index (χ2n) is 7.71. The topological polar surface area (TPSA) is 136 Å². The van der Waals surface area contributed by atoms with E-state index in [4.69, 9.17) is 13.9 Å². The molecule has 10 nitrogen and oxygen atoms in total. The van der Waals surface area contributed by atoms with Gasteiger partial charge in [-0.3, -0.25) is 20.4 Å². The summed E-state index contributed by atoms with van der Waals surface area (Å²) in [7, 11) is 1.50. The average Bonchev–Trinajstić information content (AvgIpc) is 3.50. The molecular weight excluding hydrogens is 452 g/mol. The fourth-order valence-electron chi connectivity index (χ4n) is 3.73. The van der Waals surface area contributed by atoms with Gasteiger partial charge in [0.2, 0.25) is 0 Å². The van der Waals surface area contributed by atoms with Crippen LogP contribution in [0.3, 0.4) is 0 Å². The van der Waals surface area contributed by atoms with E-state index in [1.54, 1.807) is 50.2 Å². The summed E-state index contributed by atoms with van der Waals surface area (Å²) < 4.78 is 15.5. The van der Waals surface area contributed by atoms with E-state index in [1.165, 1.54) is 13.4 Å². The second-order valence-corrected chi connectivity index (χ2v) is 7.71. The number of furan rings is 1. The predicted octanol–water partition coefficient (Wildman–Crippen LogP) is 3.32. The number of nitrogens with zero attached hydrogens (tertiary/aromatic N) is 1. The number of methoxy groups -OCH3 is 1. The van der Waals surface area contributed by atoms with E-state index in [1.807, 2.05) is 6.07 Å². The summed E-state index contributed by atoms with van der Waals surface area (Å²) >= 11 is 0. The number of benzene rings is 1. The minimum atomic E-state index is -0.612. The zero-order valence-corrected chi connectivity index (χ0v) is 19.4. The van der Waals surface area contributed by atoms with E-state index in [0.29, 0.717) is 39.2 Å². The van der Waals surface area contributed by atoms with E-state index in [-0.39, 0.29) is 24.5 Å². The van der Waals surface area contributed by atoms with Gasteiger partial charge in [-0.25, -0.2) is 9.78 Å². The van der Waals surface area contributed by atoms with Crippen LogP contribution in [0.25, 0.3) is 22.4 Å². The van der Waals surface area contributed by atoms with Crippen molar-refractivity contribution in [2.24, 2.45) is 0 Å². The molecule has 3 heterocycles. The number of ether oxygens (including phenoxy) is 2. The minimum absolute atomic E-state index is 0.0941. The molecule has 0 atom stereocenters. The number of H-pyrrole nitrogens is 1. The lowest BCUT2D eigenvalue weighted by Crippen LogP contribution is -2.42. The molecule has 0 radical (unpaired) electrons. The average molecular weight is 476 g/mol. The summed E-state index contributed by atoms with van der Waals surface area (Å²) in [4.78, 5) is 45.7. The van der Waals surface area contributed by atoms with Gasteiger partial charge in [-0.05, 0) is 43.7 Å². The lowest BCUT2D eigenvalue weighted by Gasteiger charge is -2.11. The van der Waals surface area contributed by atoms with Crippen molar-refractivity contribution in [1.82, 2.24) is 20.8 Å². The number of nitrogens with one attached hydrogen (secondary N) is 3. The molecule has 0 aliphatic rings. The summed E-state index contributed by atoms with van der Waals surface area (Å²) in [6.45, 7) is 3.64. The van der Waals surface area contributed by atoms with Gasteiger partial charge in [0.1, 0.15) is 18.0 Å². The largest absolute Gasteiger partial charge is 0.463 e. The Morgan fingerprint density at radius 1 is 1.03 bits per heavy atom. The lowest BCUT2D eigenvalue weighted by atomic mass is 10.1. The maximum absolute atomic E-state index is 13.0. The number of hydrogen-bond acceptors (Lipinski definition) is 7. The number of aromatic amines is 1. The van der Waals surface area contributed by atoms with Gasteiger partial charge in [0.15, 0.2) is 5.76 Å². The molecule has 0 saturated carbocycles. The maximum Gasteiger partial charge on any atom is 0.340 e. The number of carbonyl (C=O) groups excluding carboxylic acids is 3. The van der Waals surface area contributed by atoms with E-state index >= 15 is 0 Å². The highest BCUT2D eigenvalue weighted by molar-refractivity contribution is 6.08. The molecule has 0 aliphatic heterocycles. The van der Waals surface area contributed by atoms with Crippen LogP contribution < -0.4 is 10.9 Å². The molecule has 0 bridgehead atoms. The molecule has 4 rings (SSSR count). The zero-order valence-electron chi connectivity index (χ0n) is 19.4. The first-order chi connectivity index (χ1) is 16.9. The van der Waals surface area contributed by atoms with E-state index in [2.05, 4.69) is 20.8 Å². The number of fused-ring (bicyclic) bond motifs is 1. The highest BCUT2D eigenvalue weighted by Gasteiger charge is 2.24. The highest BCUT2D eigenvalue weighted by atomic mass is 16.6. The number of hydrazine groups is 1. The van der Waals surface area contributed by atoms with E-state index in [9.17, 15) is 14.4 Å². The molecular formula is C25H24N4O6. The number of aryl methyl sites for hydroxylation is 1. The van der Waals surface area contributed by atoms with Gasteiger partial charge in [-0.1, -0.05) is 18.2 Å². The quantitative estimate of drug-likeness (QED) is 0.211. The van der Waals surface area contributed by atoms with Crippen LogP contribution in [-0.2, 0) is 9.47 Å². The van der Waals surface area contributed by atoms with Crippen molar-refractivity contribution in [1.29, 1.82) is 0 Å². The second kappa shape index (κ2) is 10.2. The maximum atomic E-state index is 13.0. The van der Waals surface area contributed by atoms with Crippen molar-refractivity contribution >= 4 is 28.7 Å². The Hall–Kier alpha value is -4.44. The Labute approximate surface area is 200 Å². The Balaban J connectivity index is 1.53. The van der Waals surface area contributed by atoms with Crippen molar-refractivity contribution in [2.45, 2.75) is 13.8 Å². The van der Waals surface area contributed by atoms with Crippen LogP contribution in [0, 0.1) is 13.8 Å². The zero-order chi connectivity index (χ0) is 24.9. The van der Waals surface area contributed by atoms with Crippen molar-refractivity contribution < 1.29 is 28.3 Å². The fourth-order valence-corrected chi connectivity index (χ4v) is 3.73. The molecule has 180 valence electrons. The summed E-state index contributed by atoms with van der Waals surface area (Å²) in [5, 5.41) is 0.613. The monoisotopic (exact) mass is 476 g/mol. The van der Waals surface area contributed by atoms with Gasteiger partial charge >= 0.3 is 5.97 Å². The highest BCUT2D eigenvalue weighted by Crippen LogP contribution is 2.25. The van der Waals surface area contributed by atoms with Crippen LogP contribution in [0.1, 0.15) is 42.5 Å². The summed E-state index contributed by atoms with van der Waals surface area (Å²) in [6.07, 6.45) is 1.52. The number of amides is 2. The van der Waals surface area contributed by atoms with Crippen LogP contribution in [0.15, 0.2) is 53.1 Å². The first-order valence-corrected chi connectivity index (χ1v) is 10.8. The van der Waals surface area contributed by atoms with Crippen LogP contribution in [0.2, 0.25) is 0 Å². The van der Waals surface area contributed by atoms with Crippen LogP contribution in [0.5, 0.6) is 0 Å². The molecule has 10 heteroatoms. The van der Waals surface area contributed by atoms with Crippen LogP contribution >= 0.6 is 0 Å². The fraction of sp³-hybridized carbons (Fsp3) is 0.200. The third-order valence-corrected chi connectivity index (χ3v) is 5.41. The van der Waals surface area contributed by atoms with Gasteiger partial charge < -0.3 is 18.9 Å². The Morgan fingerprint density at radius 2 is 1.80 bits per heavy atom. The van der Waals surface area contributed by atoms with Crippen molar-refractivity contribution in [3.63, 3.8) is 0 Å². The number of esters is 1. The van der Waals surface area contributed by atoms with Gasteiger partial charge in [-0.2, -0.15) is 0 Å². The Kier molecular flexibility index (Phi) is 6.93. The molecule has 1 aromatic carbocycles. The van der Waals surface area contributed by atoms with Crippen molar-refractivity contribution in [2.75, 3.05) is 20.3 Å². The third-order valence-electron chi connectivity index (χ3n) is 5.41. The smallest absolute Gasteiger partial charge is 0.340 e. The summed E-state index contributed by atoms with van der Waals surface area (Å²) in [6, 6.07) is 12.2. The standard InChI is InChI=1S/C25H24N4O6/c1-14-21(25(32)35-12-11-33-3)15(2)26-22(14)24(31)29-28-23(30)17-13-19(20-9-6-10-34-20)27-18-8-5-4-7-16(17)18/h4-10,13,26H,11-12H2,1-3H3,(H,28,30)(H,29,31). The number of para-hydroxylation sites is 1. The van der Waals surface area contributed by atoms with Gasteiger partial charge in [0.05, 0.1) is 29.5 Å². The van der Waals surface area contributed by atoms with Crippen LogP contribution in [0.4, 0.5) is 0 Å². The van der Waals surface area contributed by atoms with Gasteiger partial charge in [0.25, 0.3) is 11.8 Å². The van der Waals surface area contributed by atoms with Crippen molar-refractivity contribution in [3.05, 3.63) is 76.8 Å². The number of rotatable bonds is 7. The molecule has 0 unspecified atom stereocenters. The lowest BCUT2D eigenvalue weighted by molar-refractivity contribution is 0.0386. The predicted molar refractivity (Wildman–Crippen MR) is 127 cm³/mol.